The van der Waals surface area contributed by atoms with Crippen LogP contribution in [0.15, 0.2) is 12.5 Å². The molecule has 15 heavy (non-hydrogen) atoms. The third-order valence-electron chi connectivity index (χ3n) is 2.75. The molecule has 1 saturated heterocycles. The first-order valence-electron chi connectivity index (χ1n) is 5.19. The second-order valence-corrected chi connectivity index (χ2v) is 4.05. The highest BCUT2D eigenvalue weighted by Gasteiger charge is 2.22. The van der Waals surface area contributed by atoms with E-state index in [1.165, 1.54) is 0 Å². The van der Waals surface area contributed by atoms with E-state index in [4.69, 9.17) is 5.73 Å². The second-order valence-electron chi connectivity index (χ2n) is 4.05. The van der Waals surface area contributed by atoms with Gasteiger partial charge in [-0.25, -0.2) is 4.98 Å². The van der Waals surface area contributed by atoms with Gasteiger partial charge in [-0.3, -0.25) is 4.79 Å². The number of imidazole rings is 1. The van der Waals surface area contributed by atoms with Crippen LogP contribution in [0.1, 0.15) is 23.3 Å². The summed E-state index contributed by atoms with van der Waals surface area (Å²) in [6, 6.07) is 0.248. The summed E-state index contributed by atoms with van der Waals surface area (Å²) < 4.78 is 1.78. The summed E-state index contributed by atoms with van der Waals surface area (Å²) in [4.78, 5) is 17.8. The topological polar surface area (TPSA) is 64.2 Å². The van der Waals surface area contributed by atoms with Crippen LogP contribution in [-0.4, -0.2) is 39.5 Å². The second kappa shape index (κ2) is 4.02. The summed E-state index contributed by atoms with van der Waals surface area (Å²) in [5, 5.41) is 0. The zero-order chi connectivity index (χ0) is 10.8. The van der Waals surface area contributed by atoms with E-state index >= 15 is 0 Å². The van der Waals surface area contributed by atoms with Gasteiger partial charge >= 0.3 is 0 Å². The van der Waals surface area contributed by atoms with Crippen molar-refractivity contribution in [2.24, 2.45) is 12.8 Å². The maximum absolute atomic E-state index is 11.9. The van der Waals surface area contributed by atoms with Gasteiger partial charge in [-0.1, -0.05) is 0 Å². The zero-order valence-corrected chi connectivity index (χ0v) is 8.89. The molecule has 1 aromatic heterocycles. The van der Waals surface area contributed by atoms with Crippen molar-refractivity contribution in [3.63, 3.8) is 0 Å². The summed E-state index contributed by atoms with van der Waals surface area (Å²) >= 11 is 0. The quantitative estimate of drug-likeness (QED) is 0.705. The van der Waals surface area contributed by atoms with Crippen LogP contribution >= 0.6 is 0 Å². The van der Waals surface area contributed by atoms with E-state index in [2.05, 4.69) is 4.98 Å². The van der Waals surface area contributed by atoms with Gasteiger partial charge in [0.25, 0.3) is 5.91 Å². The molecule has 0 atom stereocenters. The first kappa shape index (κ1) is 10.2. The molecule has 2 rings (SSSR count). The molecule has 5 heteroatoms. The van der Waals surface area contributed by atoms with Crippen LogP contribution in [0.4, 0.5) is 0 Å². The van der Waals surface area contributed by atoms with Gasteiger partial charge in [0.05, 0.1) is 6.33 Å². The normalized spacial score (nSPS) is 18.1. The predicted octanol–water partition coefficient (Wildman–Crippen LogP) is -0.0166. The number of aryl methyl sites for hydroxylation is 1. The number of piperidine rings is 1. The number of carbonyl (C=O) groups excluding carboxylic acids is 1. The summed E-state index contributed by atoms with van der Waals surface area (Å²) in [7, 11) is 1.86. The van der Waals surface area contributed by atoms with Gasteiger partial charge in [-0.05, 0) is 12.8 Å². The number of hydrogen-bond donors (Lipinski definition) is 1. The van der Waals surface area contributed by atoms with Crippen LogP contribution in [0.5, 0.6) is 0 Å². The summed E-state index contributed by atoms with van der Waals surface area (Å²) in [6.07, 6.45) is 5.16. The fourth-order valence-corrected chi connectivity index (χ4v) is 1.79. The zero-order valence-electron chi connectivity index (χ0n) is 8.89. The average molecular weight is 208 g/mol. The smallest absolute Gasteiger partial charge is 0.274 e. The Bertz CT molecular complexity index is 352. The number of likely N-dealkylation sites (tertiary alicyclic amines) is 1. The van der Waals surface area contributed by atoms with E-state index in [0.29, 0.717) is 5.69 Å². The van der Waals surface area contributed by atoms with E-state index in [9.17, 15) is 4.79 Å². The first-order chi connectivity index (χ1) is 7.16. The molecule has 2 heterocycles. The van der Waals surface area contributed by atoms with E-state index < -0.39 is 0 Å². The van der Waals surface area contributed by atoms with Crippen LogP contribution in [-0.2, 0) is 7.05 Å². The third kappa shape index (κ3) is 2.18. The van der Waals surface area contributed by atoms with Crippen LogP contribution in [0.25, 0.3) is 0 Å². The van der Waals surface area contributed by atoms with E-state index in [1.54, 1.807) is 17.1 Å². The van der Waals surface area contributed by atoms with Crippen LogP contribution < -0.4 is 5.73 Å². The molecule has 0 bridgehead atoms. The Morgan fingerprint density at radius 2 is 2.20 bits per heavy atom. The van der Waals surface area contributed by atoms with Crippen molar-refractivity contribution in [3.8, 4) is 0 Å². The number of hydrogen-bond acceptors (Lipinski definition) is 3. The monoisotopic (exact) mass is 208 g/mol. The highest BCUT2D eigenvalue weighted by molar-refractivity contribution is 5.92. The van der Waals surface area contributed by atoms with E-state index in [-0.39, 0.29) is 11.9 Å². The molecule has 5 nitrogen and oxygen atoms in total. The van der Waals surface area contributed by atoms with Gasteiger partial charge in [0.15, 0.2) is 0 Å². The molecule has 2 N–H and O–H groups in total. The lowest BCUT2D eigenvalue weighted by Crippen LogP contribution is -2.42. The maximum atomic E-state index is 11.9. The molecule has 0 aliphatic carbocycles. The molecule has 0 spiro atoms. The molecular weight excluding hydrogens is 192 g/mol. The predicted molar refractivity (Wildman–Crippen MR) is 56.3 cm³/mol. The summed E-state index contributed by atoms with van der Waals surface area (Å²) in [5.74, 6) is 0.0162. The van der Waals surface area contributed by atoms with Crippen molar-refractivity contribution in [1.82, 2.24) is 14.5 Å². The molecule has 1 aliphatic heterocycles. The number of carbonyl (C=O) groups is 1. The van der Waals surface area contributed by atoms with Crippen LogP contribution in [0.2, 0.25) is 0 Å². The van der Waals surface area contributed by atoms with Crippen molar-refractivity contribution in [2.75, 3.05) is 13.1 Å². The summed E-state index contributed by atoms with van der Waals surface area (Å²) in [6.45, 7) is 1.49. The van der Waals surface area contributed by atoms with Crippen molar-refractivity contribution in [3.05, 3.63) is 18.2 Å². The molecule has 0 aromatic carbocycles. The molecule has 1 aliphatic rings. The highest BCUT2D eigenvalue weighted by Crippen LogP contribution is 2.11. The maximum Gasteiger partial charge on any atom is 0.274 e. The lowest BCUT2D eigenvalue weighted by molar-refractivity contribution is 0.0709. The minimum atomic E-state index is 0.0162. The van der Waals surface area contributed by atoms with Crippen molar-refractivity contribution in [1.29, 1.82) is 0 Å². The van der Waals surface area contributed by atoms with Crippen molar-refractivity contribution >= 4 is 5.91 Å². The standard InChI is InChI=1S/C10H16N4O/c1-13-6-9(12-7-13)10(15)14-4-2-8(11)3-5-14/h6-8H,2-5,11H2,1H3. The third-order valence-corrected chi connectivity index (χ3v) is 2.75. The molecule has 0 saturated carbocycles. The Morgan fingerprint density at radius 1 is 1.53 bits per heavy atom. The Labute approximate surface area is 88.9 Å². The Morgan fingerprint density at radius 3 is 2.73 bits per heavy atom. The number of rotatable bonds is 1. The molecule has 0 radical (unpaired) electrons. The molecular formula is C10H16N4O. The number of nitrogens with two attached hydrogens (primary N) is 1. The average Bonchev–Trinajstić information content (AvgIpc) is 2.65. The molecule has 82 valence electrons. The largest absolute Gasteiger partial charge is 0.340 e. The SMILES string of the molecule is Cn1cnc(C(=O)N2CCC(N)CC2)c1. The fraction of sp³-hybridized carbons (Fsp3) is 0.600. The Kier molecular flexibility index (Phi) is 2.73. The highest BCUT2D eigenvalue weighted by atomic mass is 16.2. The van der Waals surface area contributed by atoms with E-state index in [0.717, 1.165) is 25.9 Å². The van der Waals surface area contributed by atoms with E-state index in [1.807, 2.05) is 11.9 Å². The van der Waals surface area contributed by atoms with Crippen LogP contribution in [0, 0.1) is 0 Å². The van der Waals surface area contributed by atoms with Gasteiger partial charge in [0.1, 0.15) is 5.69 Å². The van der Waals surface area contributed by atoms with Gasteiger partial charge in [0.2, 0.25) is 0 Å². The minimum Gasteiger partial charge on any atom is -0.340 e. The first-order valence-corrected chi connectivity index (χ1v) is 5.19. The molecule has 1 fully saturated rings. The molecule has 1 amide bonds. The lowest BCUT2D eigenvalue weighted by Gasteiger charge is -2.29. The van der Waals surface area contributed by atoms with Crippen molar-refractivity contribution in [2.45, 2.75) is 18.9 Å². The minimum absolute atomic E-state index is 0.0162. The van der Waals surface area contributed by atoms with Gasteiger partial charge in [-0.15, -0.1) is 0 Å². The molecule has 0 unspecified atom stereocenters. The summed E-state index contributed by atoms with van der Waals surface area (Å²) in [5.41, 5.74) is 6.30. The fourth-order valence-electron chi connectivity index (χ4n) is 1.79. The van der Waals surface area contributed by atoms with Crippen molar-refractivity contribution < 1.29 is 4.79 Å². The number of nitrogens with zero attached hydrogens (tertiary/aromatic N) is 3. The van der Waals surface area contributed by atoms with Gasteiger partial charge in [-0.2, -0.15) is 0 Å². The lowest BCUT2D eigenvalue weighted by atomic mass is 10.1. The van der Waals surface area contributed by atoms with Gasteiger partial charge < -0.3 is 15.2 Å². The Balaban J connectivity index is 2.02. The number of aromatic nitrogens is 2. The molecule has 1 aromatic rings. The van der Waals surface area contributed by atoms with Gasteiger partial charge in [0, 0.05) is 32.4 Å². The van der Waals surface area contributed by atoms with Crippen LogP contribution in [0.3, 0.4) is 0 Å². The number of amides is 1. The Hall–Kier alpha value is -1.36.